The zero-order valence-corrected chi connectivity index (χ0v) is 14.4. The van der Waals surface area contributed by atoms with Gasteiger partial charge in [0.05, 0.1) is 0 Å². The molecule has 0 fully saturated rings. The minimum atomic E-state index is -0.176. The molecule has 0 unspecified atom stereocenters. The zero-order chi connectivity index (χ0) is 17.6. The lowest BCUT2D eigenvalue weighted by Crippen LogP contribution is -2.09. The maximum Gasteiger partial charge on any atom is 0.229 e. The highest BCUT2D eigenvalue weighted by molar-refractivity contribution is 5.56. The van der Waals surface area contributed by atoms with Crippen molar-refractivity contribution in [2.75, 3.05) is 17.2 Å². The number of nitrogens with zero attached hydrogens (tertiary/aromatic N) is 2. The van der Waals surface area contributed by atoms with Crippen molar-refractivity contribution in [3.63, 3.8) is 0 Å². The van der Waals surface area contributed by atoms with Crippen LogP contribution in [-0.2, 0) is 6.42 Å². The van der Waals surface area contributed by atoms with E-state index in [2.05, 4.69) is 20.6 Å². The molecule has 0 saturated heterocycles. The normalized spacial score (nSPS) is 10.5. The second kappa shape index (κ2) is 7.75. The fourth-order valence-electron chi connectivity index (χ4n) is 2.59. The summed E-state index contributed by atoms with van der Waals surface area (Å²) in [7, 11) is 0. The van der Waals surface area contributed by atoms with E-state index in [0.29, 0.717) is 24.5 Å². The van der Waals surface area contributed by atoms with E-state index in [4.69, 9.17) is 0 Å². The first-order valence-corrected chi connectivity index (χ1v) is 8.27. The molecule has 2 N–H and O–H groups in total. The van der Waals surface area contributed by atoms with Gasteiger partial charge in [0, 0.05) is 24.0 Å². The van der Waals surface area contributed by atoms with Crippen molar-refractivity contribution in [2.24, 2.45) is 0 Å². The van der Waals surface area contributed by atoms with Crippen molar-refractivity contribution in [3.05, 3.63) is 77.2 Å². The summed E-state index contributed by atoms with van der Waals surface area (Å²) in [6.07, 6.45) is 0.594. The van der Waals surface area contributed by atoms with Crippen LogP contribution in [0.2, 0.25) is 0 Å². The van der Waals surface area contributed by atoms with Crippen LogP contribution in [0.5, 0.6) is 0 Å². The van der Waals surface area contributed by atoms with E-state index in [-0.39, 0.29) is 5.82 Å². The number of aromatic nitrogens is 2. The second-order valence-electron chi connectivity index (χ2n) is 5.98. The van der Waals surface area contributed by atoms with Crippen molar-refractivity contribution < 1.29 is 4.39 Å². The molecule has 25 heavy (non-hydrogen) atoms. The number of aryl methyl sites for hydroxylation is 2. The third kappa shape index (κ3) is 4.76. The molecule has 0 saturated carbocycles. The summed E-state index contributed by atoms with van der Waals surface area (Å²) in [5.74, 6) is 1.09. The lowest BCUT2D eigenvalue weighted by atomic mass is 10.1. The molecule has 4 nitrogen and oxygen atoms in total. The summed E-state index contributed by atoms with van der Waals surface area (Å²) in [6.45, 7) is 4.56. The zero-order valence-electron chi connectivity index (χ0n) is 14.4. The third-order valence-electron chi connectivity index (χ3n) is 3.79. The Kier molecular flexibility index (Phi) is 5.23. The molecule has 5 heteroatoms. The van der Waals surface area contributed by atoms with Crippen molar-refractivity contribution in [1.29, 1.82) is 0 Å². The van der Waals surface area contributed by atoms with E-state index in [1.165, 1.54) is 11.6 Å². The minimum Gasteiger partial charge on any atom is -0.370 e. The van der Waals surface area contributed by atoms with Gasteiger partial charge in [0.15, 0.2) is 0 Å². The summed E-state index contributed by atoms with van der Waals surface area (Å²) in [4.78, 5) is 8.90. The van der Waals surface area contributed by atoms with Crippen LogP contribution in [0.15, 0.2) is 54.6 Å². The molecule has 128 valence electrons. The van der Waals surface area contributed by atoms with Crippen LogP contribution >= 0.6 is 0 Å². The van der Waals surface area contributed by atoms with Crippen LogP contribution in [0.25, 0.3) is 0 Å². The van der Waals surface area contributed by atoms with Gasteiger partial charge in [0.1, 0.15) is 11.6 Å². The highest BCUT2D eigenvalue weighted by Gasteiger charge is 2.04. The maximum absolute atomic E-state index is 13.7. The van der Waals surface area contributed by atoms with Crippen LogP contribution < -0.4 is 10.6 Å². The van der Waals surface area contributed by atoms with Gasteiger partial charge in [0.25, 0.3) is 0 Å². The monoisotopic (exact) mass is 336 g/mol. The van der Waals surface area contributed by atoms with Gasteiger partial charge in [-0.1, -0.05) is 30.3 Å². The van der Waals surface area contributed by atoms with Crippen molar-refractivity contribution in [1.82, 2.24) is 9.97 Å². The first-order chi connectivity index (χ1) is 12.1. The third-order valence-corrected chi connectivity index (χ3v) is 3.79. The van der Waals surface area contributed by atoms with Gasteiger partial charge in [-0.25, -0.2) is 9.37 Å². The molecule has 0 radical (unpaired) electrons. The molecule has 0 bridgehead atoms. The van der Waals surface area contributed by atoms with E-state index in [9.17, 15) is 4.39 Å². The van der Waals surface area contributed by atoms with Gasteiger partial charge in [-0.15, -0.1) is 0 Å². The molecule has 3 rings (SSSR count). The van der Waals surface area contributed by atoms with Crippen LogP contribution in [0, 0.1) is 19.7 Å². The van der Waals surface area contributed by atoms with Gasteiger partial charge in [0.2, 0.25) is 5.95 Å². The fourth-order valence-corrected chi connectivity index (χ4v) is 2.59. The van der Waals surface area contributed by atoms with Crippen LogP contribution in [0.1, 0.15) is 16.8 Å². The lowest BCUT2D eigenvalue weighted by Gasteiger charge is -2.10. The summed E-state index contributed by atoms with van der Waals surface area (Å²) in [5.41, 5.74) is 3.67. The Morgan fingerprint density at radius 3 is 2.60 bits per heavy atom. The second-order valence-corrected chi connectivity index (χ2v) is 5.98. The maximum atomic E-state index is 13.7. The molecule has 0 amide bonds. The highest BCUT2D eigenvalue weighted by Crippen LogP contribution is 2.17. The number of halogens is 1. The summed E-state index contributed by atoms with van der Waals surface area (Å²) in [5, 5.41) is 6.46. The Morgan fingerprint density at radius 2 is 1.80 bits per heavy atom. The number of hydrogen-bond acceptors (Lipinski definition) is 4. The predicted octanol–water partition coefficient (Wildman–Crippen LogP) is 4.63. The molecule has 2 aromatic carbocycles. The Balaban J connectivity index is 1.66. The van der Waals surface area contributed by atoms with Gasteiger partial charge >= 0.3 is 0 Å². The average Bonchev–Trinajstić information content (AvgIpc) is 2.56. The lowest BCUT2D eigenvalue weighted by molar-refractivity contribution is 0.610. The number of nitrogens with one attached hydrogen (secondary N) is 2. The van der Waals surface area contributed by atoms with Crippen LogP contribution in [0.3, 0.4) is 0 Å². The molecular weight excluding hydrogens is 315 g/mol. The van der Waals surface area contributed by atoms with Crippen molar-refractivity contribution in [2.45, 2.75) is 20.3 Å². The topological polar surface area (TPSA) is 49.8 Å². The quantitative estimate of drug-likeness (QED) is 0.689. The Bertz CT molecular complexity index is 864. The molecule has 0 spiro atoms. The average molecular weight is 336 g/mol. The Morgan fingerprint density at radius 1 is 0.960 bits per heavy atom. The van der Waals surface area contributed by atoms with Crippen LogP contribution in [-0.4, -0.2) is 16.5 Å². The Hall–Kier alpha value is -2.95. The van der Waals surface area contributed by atoms with Gasteiger partial charge in [-0.05, 0) is 49.6 Å². The smallest absolute Gasteiger partial charge is 0.229 e. The molecular formula is C20H21FN4. The largest absolute Gasteiger partial charge is 0.370 e. The van der Waals surface area contributed by atoms with E-state index in [1.807, 2.05) is 50.2 Å². The molecule has 0 atom stereocenters. The number of hydrogen-bond donors (Lipinski definition) is 2. The number of rotatable bonds is 6. The molecule has 3 aromatic rings. The molecule has 0 aliphatic heterocycles. The molecule has 0 aliphatic carbocycles. The first kappa shape index (κ1) is 16.9. The van der Waals surface area contributed by atoms with E-state index >= 15 is 0 Å². The standard InChI is InChI=1S/C20H21FN4/c1-14-6-5-8-17(12-14)24-20-23-15(2)13-19(25-20)22-11-10-16-7-3-4-9-18(16)21/h3-9,12-13H,10-11H2,1-2H3,(H2,22,23,24,25). The molecule has 1 heterocycles. The van der Waals surface area contributed by atoms with Crippen molar-refractivity contribution in [3.8, 4) is 0 Å². The SMILES string of the molecule is Cc1cccc(Nc2nc(C)cc(NCCc3ccccc3F)n2)c1. The van der Waals surface area contributed by atoms with Gasteiger partial charge in [-0.3, -0.25) is 0 Å². The fraction of sp³-hybridized carbons (Fsp3) is 0.200. The van der Waals surface area contributed by atoms with Crippen molar-refractivity contribution >= 4 is 17.5 Å². The van der Waals surface area contributed by atoms with E-state index in [1.54, 1.807) is 12.1 Å². The molecule has 1 aromatic heterocycles. The van der Waals surface area contributed by atoms with Crippen LogP contribution in [0.4, 0.5) is 21.8 Å². The summed E-state index contributed by atoms with van der Waals surface area (Å²) in [6, 6.07) is 16.7. The van der Waals surface area contributed by atoms with Gasteiger partial charge < -0.3 is 10.6 Å². The minimum absolute atomic E-state index is 0.176. The Labute approximate surface area is 147 Å². The van der Waals surface area contributed by atoms with E-state index in [0.717, 1.165) is 17.2 Å². The molecule has 0 aliphatic rings. The number of benzene rings is 2. The summed E-state index contributed by atoms with van der Waals surface area (Å²) >= 11 is 0. The number of anilines is 3. The van der Waals surface area contributed by atoms with Gasteiger partial charge in [-0.2, -0.15) is 4.98 Å². The van der Waals surface area contributed by atoms with E-state index < -0.39 is 0 Å². The predicted molar refractivity (Wildman–Crippen MR) is 99.8 cm³/mol. The highest BCUT2D eigenvalue weighted by atomic mass is 19.1. The summed E-state index contributed by atoms with van der Waals surface area (Å²) < 4.78 is 13.7. The first-order valence-electron chi connectivity index (χ1n) is 8.27.